The van der Waals surface area contributed by atoms with Crippen LogP contribution >= 0.6 is 11.6 Å². The number of nitrogens with one attached hydrogen (secondary N) is 2. The van der Waals surface area contributed by atoms with Gasteiger partial charge in [0.05, 0.1) is 28.8 Å². The van der Waals surface area contributed by atoms with Crippen LogP contribution in [0.25, 0.3) is 0 Å². The first-order valence-corrected chi connectivity index (χ1v) is 9.32. The number of carbonyl (C=O) groups is 3. The zero-order chi connectivity index (χ0) is 21.5. The van der Waals surface area contributed by atoms with Gasteiger partial charge in [0.2, 0.25) is 0 Å². The van der Waals surface area contributed by atoms with Gasteiger partial charge in [0.15, 0.2) is 0 Å². The molecule has 0 aliphatic carbocycles. The van der Waals surface area contributed by atoms with Crippen molar-refractivity contribution in [2.75, 3.05) is 12.4 Å². The van der Waals surface area contributed by atoms with Gasteiger partial charge in [-0.05, 0) is 48.0 Å². The molecule has 3 aromatic rings. The Morgan fingerprint density at radius 3 is 2.50 bits per heavy atom. The molecule has 1 heterocycles. The van der Waals surface area contributed by atoms with Gasteiger partial charge in [-0.1, -0.05) is 23.7 Å². The number of methoxy groups -OCH3 is 1. The van der Waals surface area contributed by atoms with E-state index < -0.39 is 11.9 Å². The fraction of sp³-hybridized carbons (Fsp3) is 0.0909. The van der Waals surface area contributed by atoms with Crippen molar-refractivity contribution < 1.29 is 19.1 Å². The standard InChI is InChI=1S/C22H18ClN3O4/c1-30-22(29)16-9-14(12-25-20(27)15-5-4-8-24-13-15)10-17(11-16)26-21(28)18-6-2-3-7-19(18)23/h2-11,13H,12H2,1H3,(H,25,27)(H,26,28). The van der Waals surface area contributed by atoms with E-state index in [2.05, 4.69) is 15.6 Å². The lowest BCUT2D eigenvalue weighted by Gasteiger charge is -2.12. The number of halogens is 1. The topological polar surface area (TPSA) is 97.4 Å². The molecular weight excluding hydrogens is 406 g/mol. The van der Waals surface area contributed by atoms with E-state index in [0.29, 0.717) is 27.4 Å². The highest BCUT2D eigenvalue weighted by Crippen LogP contribution is 2.20. The molecule has 152 valence electrons. The first-order chi connectivity index (χ1) is 14.5. The number of hydrogen-bond donors (Lipinski definition) is 2. The van der Waals surface area contributed by atoms with Crippen LogP contribution in [0.15, 0.2) is 67.0 Å². The number of anilines is 1. The molecule has 0 fully saturated rings. The fourth-order valence-corrected chi connectivity index (χ4v) is 2.95. The van der Waals surface area contributed by atoms with Crippen LogP contribution in [0.3, 0.4) is 0 Å². The number of esters is 1. The summed E-state index contributed by atoms with van der Waals surface area (Å²) in [7, 11) is 1.27. The second kappa shape index (κ2) is 9.67. The summed E-state index contributed by atoms with van der Waals surface area (Å²) in [6.07, 6.45) is 3.03. The summed E-state index contributed by atoms with van der Waals surface area (Å²) in [5.74, 6) is -1.30. The van der Waals surface area contributed by atoms with Gasteiger partial charge < -0.3 is 15.4 Å². The molecule has 0 unspecified atom stereocenters. The van der Waals surface area contributed by atoms with Gasteiger partial charge in [-0.2, -0.15) is 0 Å². The number of hydrogen-bond acceptors (Lipinski definition) is 5. The minimum Gasteiger partial charge on any atom is -0.465 e. The Bertz CT molecular complexity index is 1090. The molecule has 3 rings (SSSR count). The molecule has 0 radical (unpaired) electrons. The molecule has 30 heavy (non-hydrogen) atoms. The quantitative estimate of drug-likeness (QED) is 0.589. The number of rotatable bonds is 6. The highest BCUT2D eigenvalue weighted by atomic mass is 35.5. The maximum absolute atomic E-state index is 12.6. The smallest absolute Gasteiger partial charge is 0.337 e. The van der Waals surface area contributed by atoms with Crippen molar-refractivity contribution in [2.24, 2.45) is 0 Å². The van der Waals surface area contributed by atoms with Gasteiger partial charge >= 0.3 is 5.97 Å². The third kappa shape index (κ3) is 5.21. The monoisotopic (exact) mass is 423 g/mol. The number of amides is 2. The number of ether oxygens (including phenoxy) is 1. The summed E-state index contributed by atoms with van der Waals surface area (Å²) in [5.41, 5.74) is 1.92. The van der Waals surface area contributed by atoms with Crippen molar-refractivity contribution in [3.8, 4) is 0 Å². The zero-order valence-electron chi connectivity index (χ0n) is 16.0. The Morgan fingerprint density at radius 1 is 1.00 bits per heavy atom. The molecule has 0 spiro atoms. The molecule has 0 atom stereocenters. The van der Waals surface area contributed by atoms with Gasteiger partial charge in [-0.3, -0.25) is 14.6 Å². The van der Waals surface area contributed by atoms with Crippen molar-refractivity contribution in [1.29, 1.82) is 0 Å². The summed E-state index contributed by atoms with van der Waals surface area (Å²) in [5, 5.41) is 5.79. The number of carbonyl (C=O) groups excluding carboxylic acids is 3. The molecule has 1 aromatic heterocycles. The van der Waals surface area contributed by atoms with E-state index in [4.69, 9.17) is 16.3 Å². The van der Waals surface area contributed by atoms with Crippen LogP contribution in [0.4, 0.5) is 5.69 Å². The predicted molar refractivity (Wildman–Crippen MR) is 113 cm³/mol. The van der Waals surface area contributed by atoms with Crippen molar-refractivity contribution in [3.05, 3.63) is 94.3 Å². The van der Waals surface area contributed by atoms with E-state index in [1.807, 2.05) is 0 Å². The lowest BCUT2D eigenvalue weighted by molar-refractivity contribution is 0.0600. The molecule has 2 aromatic carbocycles. The highest BCUT2D eigenvalue weighted by Gasteiger charge is 2.14. The Kier molecular flexibility index (Phi) is 6.77. The third-order valence-corrected chi connectivity index (χ3v) is 4.50. The molecule has 2 amide bonds. The molecule has 7 nitrogen and oxygen atoms in total. The van der Waals surface area contributed by atoms with Crippen LogP contribution in [-0.4, -0.2) is 29.9 Å². The summed E-state index contributed by atoms with van der Waals surface area (Å²) < 4.78 is 4.78. The molecule has 2 N–H and O–H groups in total. The van der Waals surface area contributed by atoms with Crippen LogP contribution in [0.2, 0.25) is 5.02 Å². The molecule has 0 aliphatic rings. The van der Waals surface area contributed by atoms with Crippen LogP contribution in [0, 0.1) is 0 Å². The number of aromatic nitrogens is 1. The number of benzene rings is 2. The van der Waals surface area contributed by atoms with E-state index in [9.17, 15) is 14.4 Å². The van der Waals surface area contributed by atoms with Gasteiger partial charge in [0, 0.05) is 24.6 Å². The minimum absolute atomic E-state index is 0.132. The Hall–Kier alpha value is -3.71. The largest absolute Gasteiger partial charge is 0.465 e. The van der Waals surface area contributed by atoms with E-state index in [0.717, 1.165) is 0 Å². The molecule has 0 aliphatic heterocycles. The van der Waals surface area contributed by atoms with Crippen LogP contribution in [-0.2, 0) is 11.3 Å². The highest BCUT2D eigenvalue weighted by molar-refractivity contribution is 6.34. The first-order valence-electron chi connectivity index (χ1n) is 8.94. The van der Waals surface area contributed by atoms with E-state index >= 15 is 0 Å². The van der Waals surface area contributed by atoms with Gasteiger partial charge in [0.1, 0.15) is 0 Å². The molecule has 0 saturated heterocycles. The molecular formula is C22H18ClN3O4. The fourth-order valence-electron chi connectivity index (χ4n) is 2.73. The second-order valence-corrected chi connectivity index (χ2v) is 6.68. The van der Waals surface area contributed by atoms with E-state index in [1.54, 1.807) is 54.7 Å². The number of pyridine rings is 1. The average molecular weight is 424 g/mol. The lowest BCUT2D eigenvalue weighted by Crippen LogP contribution is -2.23. The maximum Gasteiger partial charge on any atom is 0.337 e. The van der Waals surface area contributed by atoms with Gasteiger partial charge in [-0.15, -0.1) is 0 Å². The molecule has 8 heteroatoms. The van der Waals surface area contributed by atoms with Crippen LogP contribution < -0.4 is 10.6 Å². The van der Waals surface area contributed by atoms with Crippen molar-refractivity contribution in [1.82, 2.24) is 10.3 Å². The molecule has 0 saturated carbocycles. The van der Waals surface area contributed by atoms with Crippen LogP contribution in [0.1, 0.15) is 36.6 Å². The summed E-state index contributed by atoms with van der Waals surface area (Å²) >= 11 is 6.08. The first kappa shape index (κ1) is 21.0. The maximum atomic E-state index is 12.6. The average Bonchev–Trinajstić information content (AvgIpc) is 2.77. The van der Waals surface area contributed by atoms with Crippen molar-refractivity contribution in [2.45, 2.75) is 6.54 Å². The van der Waals surface area contributed by atoms with E-state index in [-0.39, 0.29) is 18.0 Å². The Labute approximate surface area is 178 Å². The Balaban J connectivity index is 1.81. The van der Waals surface area contributed by atoms with Crippen molar-refractivity contribution >= 4 is 35.1 Å². The van der Waals surface area contributed by atoms with E-state index in [1.165, 1.54) is 19.4 Å². The summed E-state index contributed by atoms with van der Waals surface area (Å²) in [6.45, 7) is 0.132. The van der Waals surface area contributed by atoms with Gasteiger partial charge in [-0.25, -0.2) is 4.79 Å². The lowest BCUT2D eigenvalue weighted by atomic mass is 10.1. The second-order valence-electron chi connectivity index (χ2n) is 6.27. The molecule has 0 bridgehead atoms. The minimum atomic E-state index is -0.566. The van der Waals surface area contributed by atoms with Crippen molar-refractivity contribution in [3.63, 3.8) is 0 Å². The SMILES string of the molecule is COC(=O)c1cc(CNC(=O)c2cccnc2)cc(NC(=O)c2ccccc2Cl)c1. The zero-order valence-corrected chi connectivity index (χ0v) is 16.8. The number of nitrogens with zero attached hydrogens (tertiary/aromatic N) is 1. The van der Waals surface area contributed by atoms with Gasteiger partial charge in [0.25, 0.3) is 11.8 Å². The third-order valence-electron chi connectivity index (χ3n) is 4.17. The summed E-state index contributed by atoms with van der Waals surface area (Å²) in [4.78, 5) is 40.8. The van der Waals surface area contributed by atoms with Crippen LogP contribution in [0.5, 0.6) is 0 Å². The predicted octanol–water partition coefficient (Wildman–Crippen LogP) is 3.70. The normalized spacial score (nSPS) is 10.2. The summed E-state index contributed by atoms with van der Waals surface area (Å²) in [6, 6.07) is 14.7. The Morgan fingerprint density at radius 2 is 1.80 bits per heavy atom.